The van der Waals surface area contributed by atoms with E-state index in [1.54, 1.807) is 7.11 Å². The molecule has 0 aliphatic carbocycles. The maximum absolute atomic E-state index is 11.6. The van der Waals surface area contributed by atoms with Crippen LogP contribution < -0.4 is 21.1 Å². The summed E-state index contributed by atoms with van der Waals surface area (Å²) in [6, 6.07) is 7.89. The van der Waals surface area contributed by atoms with Gasteiger partial charge in [0.15, 0.2) is 0 Å². The van der Waals surface area contributed by atoms with Crippen LogP contribution in [0.3, 0.4) is 0 Å². The van der Waals surface area contributed by atoms with E-state index < -0.39 is 0 Å². The summed E-state index contributed by atoms with van der Waals surface area (Å²) >= 11 is 0. The Bertz CT molecular complexity index is 466. The number of aryl methyl sites for hydroxylation is 1. The summed E-state index contributed by atoms with van der Waals surface area (Å²) in [6.45, 7) is 1.79. The molecule has 0 aliphatic rings. The van der Waals surface area contributed by atoms with Gasteiger partial charge in [0, 0.05) is 6.04 Å². The molecule has 0 heterocycles. The minimum absolute atomic E-state index is 0. The van der Waals surface area contributed by atoms with Gasteiger partial charge in [-0.1, -0.05) is 12.1 Å². The number of nitrogens with two attached hydrogens (primary N) is 1. The zero-order valence-corrected chi connectivity index (χ0v) is 13.7. The SMILES string of the molecule is COc1ccc(CCC(C)NC(=O)CNC(=O)CN)cc1.Cl. The van der Waals surface area contributed by atoms with Crippen LogP contribution in [0, 0.1) is 0 Å². The smallest absolute Gasteiger partial charge is 0.239 e. The molecule has 0 aliphatic heterocycles. The third-order valence-corrected chi connectivity index (χ3v) is 3.06. The molecule has 1 aromatic carbocycles. The highest BCUT2D eigenvalue weighted by molar-refractivity contribution is 5.85. The van der Waals surface area contributed by atoms with Crippen molar-refractivity contribution in [3.63, 3.8) is 0 Å². The van der Waals surface area contributed by atoms with E-state index in [-0.39, 0.29) is 43.4 Å². The van der Waals surface area contributed by atoms with E-state index in [9.17, 15) is 9.59 Å². The van der Waals surface area contributed by atoms with E-state index >= 15 is 0 Å². The minimum atomic E-state index is -0.337. The fourth-order valence-electron chi connectivity index (χ4n) is 1.82. The molecule has 1 aromatic rings. The van der Waals surface area contributed by atoms with Gasteiger partial charge in [0.2, 0.25) is 11.8 Å². The average molecular weight is 330 g/mol. The average Bonchev–Trinajstić information content (AvgIpc) is 2.51. The molecule has 4 N–H and O–H groups in total. The molecule has 0 saturated carbocycles. The molecule has 2 amide bonds. The topological polar surface area (TPSA) is 93.5 Å². The quantitative estimate of drug-likeness (QED) is 0.652. The van der Waals surface area contributed by atoms with E-state index in [0.29, 0.717) is 0 Å². The third kappa shape index (κ3) is 7.85. The second kappa shape index (κ2) is 10.9. The van der Waals surface area contributed by atoms with Crippen LogP contribution in [0.1, 0.15) is 18.9 Å². The number of carbonyl (C=O) groups is 2. The summed E-state index contributed by atoms with van der Waals surface area (Å²) in [5.74, 6) is 0.283. The fraction of sp³-hybridized carbons (Fsp3) is 0.467. The Balaban J connectivity index is 0.00000441. The molecule has 0 bridgehead atoms. The summed E-state index contributed by atoms with van der Waals surface area (Å²) in [5, 5.41) is 5.27. The Morgan fingerprint density at radius 2 is 1.86 bits per heavy atom. The standard InChI is InChI=1S/C15H23N3O3.ClH/c1-11(18-15(20)10-17-14(19)9-16)3-4-12-5-7-13(21-2)8-6-12;/h5-8,11H,3-4,9-10,16H2,1-2H3,(H,17,19)(H,18,20);1H. The summed E-state index contributed by atoms with van der Waals surface area (Å²) in [4.78, 5) is 22.5. The summed E-state index contributed by atoms with van der Waals surface area (Å²) in [6.07, 6.45) is 1.68. The van der Waals surface area contributed by atoms with Gasteiger partial charge in [-0.15, -0.1) is 12.4 Å². The molecule has 0 radical (unpaired) electrons. The Kier molecular flexibility index (Phi) is 9.98. The maximum Gasteiger partial charge on any atom is 0.239 e. The van der Waals surface area contributed by atoms with Gasteiger partial charge in [0.05, 0.1) is 20.2 Å². The van der Waals surface area contributed by atoms with Gasteiger partial charge in [-0.2, -0.15) is 0 Å². The first-order valence-corrected chi connectivity index (χ1v) is 6.94. The van der Waals surface area contributed by atoms with E-state index in [1.807, 2.05) is 31.2 Å². The predicted octanol–water partition coefficient (Wildman–Crippen LogP) is 0.629. The van der Waals surface area contributed by atoms with Crippen molar-refractivity contribution in [2.45, 2.75) is 25.8 Å². The lowest BCUT2D eigenvalue weighted by Crippen LogP contribution is -2.42. The van der Waals surface area contributed by atoms with Crippen molar-refractivity contribution in [3.05, 3.63) is 29.8 Å². The Morgan fingerprint density at radius 1 is 1.23 bits per heavy atom. The molecule has 0 spiro atoms. The van der Waals surface area contributed by atoms with Gasteiger partial charge in [-0.25, -0.2) is 0 Å². The van der Waals surface area contributed by atoms with Crippen LogP contribution in [0.5, 0.6) is 5.75 Å². The summed E-state index contributed by atoms with van der Waals surface area (Å²) < 4.78 is 5.10. The van der Waals surface area contributed by atoms with Crippen molar-refractivity contribution >= 4 is 24.2 Å². The van der Waals surface area contributed by atoms with Crippen LogP contribution in [0.15, 0.2) is 24.3 Å². The number of hydrogen-bond donors (Lipinski definition) is 3. The van der Waals surface area contributed by atoms with Gasteiger partial charge < -0.3 is 21.1 Å². The number of nitrogens with one attached hydrogen (secondary N) is 2. The maximum atomic E-state index is 11.6. The largest absolute Gasteiger partial charge is 0.497 e. The number of rotatable bonds is 8. The minimum Gasteiger partial charge on any atom is -0.497 e. The highest BCUT2D eigenvalue weighted by Crippen LogP contribution is 2.13. The molecular weight excluding hydrogens is 306 g/mol. The van der Waals surface area contributed by atoms with Crippen molar-refractivity contribution in [1.82, 2.24) is 10.6 Å². The van der Waals surface area contributed by atoms with Gasteiger partial charge in [0.25, 0.3) is 0 Å². The number of halogens is 1. The van der Waals surface area contributed by atoms with Gasteiger partial charge in [0.1, 0.15) is 5.75 Å². The zero-order chi connectivity index (χ0) is 15.7. The molecule has 0 fully saturated rings. The Labute approximate surface area is 137 Å². The molecular formula is C15H24ClN3O3. The lowest BCUT2D eigenvalue weighted by molar-refractivity contribution is -0.125. The molecule has 7 heteroatoms. The van der Waals surface area contributed by atoms with Crippen molar-refractivity contribution < 1.29 is 14.3 Å². The molecule has 0 saturated heterocycles. The lowest BCUT2D eigenvalue weighted by Gasteiger charge is -2.14. The summed E-state index contributed by atoms with van der Waals surface area (Å²) in [7, 11) is 1.63. The number of amides is 2. The van der Waals surface area contributed by atoms with E-state index in [1.165, 1.54) is 5.56 Å². The number of carbonyl (C=O) groups excluding carboxylic acids is 2. The molecule has 1 rings (SSSR count). The first-order chi connectivity index (χ1) is 10.0. The highest BCUT2D eigenvalue weighted by atomic mass is 35.5. The normalized spacial score (nSPS) is 11.0. The number of benzene rings is 1. The monoisotopic (exact) mass is 329 g/mol. The number of methoxy groups -OCH3 is 1. The Morgan fingerprint density at radius 3 is 2.41 bits per heavy atom. The molecule has 0 aromatic heterocycles. The third-order valence-electron chi connectivity index (χ3n) is 3.06. The molecule has 1 atom stereocenters. The van der Waals surface area contributed by atoms with Crippen LogP contribution in [0.25, 0.3) is 0 Å². The van der Waals surface area contributed by atoms with Crippen LogP contribution in [-0.4, -0.2) is 38.1 Å². The second-order valence-corrected chi connectivity index (χ2v) is 4.84. The van der Waals surface area contributed by atoms with Crippen LogP contribution in [-0.2, 0) is 16.0 Å². The van der Waals surface area contributed by atoms with Crippen molar-refractivity contribution in [3.8, 4) is 5.75 Å². The van der Waals surface area contributed by atoms with Gasteiger partial charge in [-0.3, -0.25) is 9.59 Å². The number of hydrogen-bond acceptors (Lipinski definition) is 4. The molecule has 6 nitrogen and oxygen atoms in total. The molecule has 124 valence electrons. The van der Waals surface area contributed by atoms with E-state index in [2.05, 4.69) is 10.6 Å². The van der Waals surface area contributed by atoms with Crippen molar-refractivity contribution in [2.75, 3.05) is 20.2 Å². The van der Waals surface area contributed by atoms with Crippen LogP contribution in [0.4, 0.5) is 0 Å². The van der Waals surface area contributed by atoms with Gasteiger partial charge >= 0.3 is 0 Å². The first kappa shape index (κ1) is 20.2. The van der Waals surface area contributed by atoms with Crippen molar-refractivity contribution in [2.24, 2.45) is 5.73 Å². The van der Waals surface area contributed by atoms with E-state index in [0.717, 1.165) is 18.6 Å². The predicted molar refractivity (Wildman–Crippen MR) is 88.2 cm³/mol. The second-order valence-electron chi connectivity index (χ2n) is 4.84. The lowest BCUT2D eigenvalue weighted by atomic mass is 10.1. The van der Waals surface area contributed by atoms with Crippen molar-refractivity contribution in [1.29, 1.82) is 0 Å². The van der Waals surface area contributed by atoms with Crippen LogP contribution >= 0.6 is 12.4 Å². The molecule has 22 heavy (non-hydrogen) atoms. The summed E-state index contributed by atoms with van der Waals surface area (Å²) in [5.41, 5.74) is 6.33. The Hall–Kier alpha value is -1.79. The zero-order valence-electron chi connectivity index (χ0n) is 12.9. The highest BCUT2D eigenvalue weighted by Gasteiger charge is 2.08. The van der Waals surface area contributed by atoms with E-state index in [4.69, 9.17) is 10.5 Å². The molecule has 1 unspecified atom stereocenters. The fourth-order valence-corrected chi connectivity index (χ4v) is 1.82. The first-order valence-electron chi connectivity index (χ1n) is 6.94. The van der Waals surface area contributed by atoms with Crippen LogP contribution in [0.2, 0.25) is 0 Å². The van der Waals surface area contributed by atoms with Gasteiger partial charge in [-0.05, 0) is 37.5 Å². The number of ether oxygens (including phenoxy) is 1.